The maximum absolute atomic E-state index is 12.1. The van der Waals surface area contributed by atoms with Crippen molar-refractivity contribution in [3.8, 4) is 11.3 Å². The summed E-state index contributed by atoms with van der Waals surface area (Å²) in [6.07, 6.45) is 2.80. The molecule has 0 radical (unpaired) electrons. The molecule has 2 heterocycles. The fourth-order valence-corrected chi connectivity index (χ4v) is 2.36. The maximum atomic E-state index is 12.1. The summed E-state index contributed by atoms with van der Waals surface area (Å²) in [4.78, 5) is 22.3. The van der Waals surface area contributed by atoms with Gasteiger partial charge < -0.3 is 5.32 Å². The van der Waals surface area contributed by atoms with Crippen LogP contribution in [0.2, 0.25) is 0 Å². The Bertz CT molecular complexity index is 884. The van der Waals surface area contributed by atoms with Crippen LogP contribution in [-0.2, 0) is 13.6 Å². The van der Waals surface area contributed by atoms with E-state index in [0.29, 0.717) is 0 Å². The predicted octanol–water partition coefficient (Wildman–Crippen LogP) is 1.65. The summed E-state index contributed by atoms with van der Waals surface area (Å²) in [5, 5.41) is 23.8. The zero-order valence-electron chi connectivity index (χ0n) is 12.8. The number of hydrogen-bond acceptors (Lipinski definition) is 5. The van der Waals surface area contributed by atoms with Crippen LogP contribution in [0.5, 0.6) is 0 Å². The summed E-state index contributed by atoms with van der Waals surface area (Å²) in [6.45, 7) is 0.188. The van der Waals surface area contributed by atoms with E-state index in [0.717, 1.165) is 23.0 Å². The van der Waals surface area contributed by atoms with E-state index < -0.39 is 10.8 Å². The van der Waals surface area contributed by atoms with Gasteiger partial charge in [0.25, 0.3) is 5.91 Å². The molecule has 24 heavy (non-hydrogen) atoms. The molecule has 0 bridgehead atoms. The largest absolute Gasteiger partial charge is 0.346 e. The van der Waals surface area contributed by atoms with Gasteiger partial charge in [0.15, 0.2) is 0 Å². The Kier molecular flexibility index (Phi) is 4.06. The molecule has 0 saturated carbocycles. The Morgan fingerprint density at radius 3 is 2.83 bits per heavy atom. The lowest BCUT2D eigenvalue weighted by Crippen LogP contribution is -2.24. The summed E-state index contributed by atoms with van der Waals surface area (Å²) in [7, 11) is 1.79. The van der Waals surface area contributed by atoms with Crippen LogP contribution < -0.4 is 5.32 Å². The molecule has 1 amide bonds. The Balaban J connectivity index is 1.79. The van der Waals surface area contributed by atoms with E-state index in [2.05, 4.69) is 20.6 Å². The van der Waals surface area contributed by atoms with E-state index in [1.54, 1.807) is 17.9 Å². The lowest BCUT2D eigenvalue weighted by atomic mass is 10.1. The molecule has 0 aliphatic carbocycles. The van der Waals surface area contributed by atoms with Crippen LogP contribution >= 0.6 is 0 Å². The second-order valence-electron chi connectivity index (χ2n) is 5.11. The van der Waals surface area contributed by atoms with Gasteiger partial charge in [0.1, 0.15) is 6.20 Å². The van der Waals surface area contributed by atoms with Gasteiger partial charge in [-0.1, -0.05) is 30.3 Å². The van der Waals surface area contributed by atoms with E-state index in [9.17, 15) is 14.9 Å². The first kappa shape index (κ1) is 15.4. The van der Waals surface area contributed by atoms with E-state index in [1.165, 1.54) is 0 Å². The van der Waals surface area contributed by atoms with Crippen LogP contribution in [0.4, 0.5) is 5.69 Å². The second kappa shape index (κ2) is 6.32. The molecule has 9 nitrogen and oxygen atoms in total. The number of nitrogens with zero attached hydrogens (tertiary/aromatic N) is 4. The van der Waals surface area contributed by atoms with E-state index in [4.69, 9.17) is 0 Å². The van der Waals surface area contributed by atoms with Gasteiger partial charge in [-0.05, 0) is 0 Å². The van der Waals surface area contributed by atoms with Crippen molar-refractivity contribution in [2.24, 2.45) is 7.05 Å². The molecule has 1 aromatic carbocycles. The number of benzene rings is 1. The molecular weight excluding hydrogens is 312 g/mol. The van der Waals surface area contributed by atoms with Crippen LogP contribution in [0.3, 0.4) is 0 Å². The van der Waals surface area contributed by atoms with Gasteiger partial charge >= 0.3 is 5.69 Å². The third-order valence-corrected chi connectivity index (χ3v) is 3.43. The number of aromatic amines is 1. The summed E-state index contributed by atoms with van der Waals surface area (Å²) in [5.74, 6) is -0.595. The highest BCUT2D eigenvalue weighted by Crippen LogP contribution is 2.21. The van der Waals surface area contributed by atoms with Gasteiger partial charge in [-0.3, -0.25) is 24.7 Å². The number of amides is 1. The predicted molar refractivity (Wildman–Crippen MR) is 85.1 cm³/mol. The number of hydrogen-bond donors (Lipinski definition) is 2. The third kappa shape index (κ3) is 3.00. The lowest BCUT2D eigenvalue weighted by Gasteiger charge is -2.04. The highest BCUT2D eigenvalue weighted by molar-refractivity contribution is 5.96. The number of aryl methyl sites for hydroxylation is 1. The molecule has 0 unspecified atom stereocenters. The monoisotopic (exact) mass is 326 g/mol. The minimum Gasteiger partial charge on any atom is -0.346 e. The van der Waals surface area contributed by atoms with Crippen molar-refractivity contribution in [3.05, 3.63) is 64.1 Å². The van der Waals surface area contributed by atoms with Crippen LogP contribution in [0.15, 0.2) is 42.7 Å². The maximum Gasteiger partial charge on any atom is 0.319 e. The minimum atomic E-state index is -0.655. The van der Waals surface area contributed by atoms with E-state index in [1.807, 2.05) is 30.3 Å². The van der Waals surface area contributed by atoms with E-state index in [-0.39, 0.29) is 17.9 Å². The summed E-state index contributed by atoms with van der Waals surface area (Å²) in [6, 6.07) is 9.56. The fourth-order valence-electron chi connectivity index (χ4n) is 2.36. The molecule has 0 atom stereocenters. The molecule has 0 aliphatic rings. The molecule has 0 saturated heterocycles. The van der Waals surface area contributed by atoms with Gasteiger partial charge in [0.05, 0.1) is 10.6 Å². The van der Waals surface area contributed by atoms with Gasteiger partial charge in [-0.2, -0.15) is 10.2 Å². The number of H-pyrrole nitrogens is 1. The zero-order valence-corrected chi connectivity index (χ0v) is 12.8. The topological polar surface area (TPSA) is 119 Å². The standard InChI is InChI=1S/C15H14N6O3/c1-20-9-11(13(19-20)10-5-3-2-4-6-10)7-16-15(22)14-12(21(23)24)8-17-18-14/h2-6,8-9H,7H2,1H3,(H,16,22)(H,17,18). The Morgan fingerprint density at radius 2 is 2.12 bits per heavy atom. The van der Waals surface area contributed by atoms with Crippen LogP contribution in [-0.4, -0.2) is 30.8 Å². The SMILES string of the molecule is Cn1cc(CNC(=O)c2[nH]ncc2[N+](=O)[O-])c(-c2ccccc2)n1. The highest BCUT2D eigenvalue weighted by atomic mass is 16.6. The Morgan fingerprint density at radius 1 is 1.38 bits per heavy atom. The molecule has 9 heteroatoms. The fraction of sp³-hybridized carbons (Fsp3) is 0.133. The second-order valence-corrected chi connectivity index (χ2v) is 5.11. The van der Waals surface area contributed by atoms with Crippen LogP contribution in [0.25, 0.3) is 11.3 Å². The highest BCUT2D eigenvalue weighted by Gasteiger charge is 2.23. The summed E-state index contributed by atoms with van der Waals surface area (Å²) >= 11 is 0. The number of nitrogens with one attached hydrogen (secondary N) is 2. The van der Waals surface area contributed by atoms with Crippen molar-refractivity contribution in [2.75, 3.05) is 0 Å². The third-order valence-electron chi connectivity index (χ3n) is 3.43. The average molecular weight is 326 g/mol. The first-order valence-corrected chi connectivity index (χ1v) is 7.10. The number of rotatable bonds is 5. The van der Waals surface area contributed by atoms with Crippen molar-refractivity contribution in [2.45, 2.75) is 6.54 Å². The first-order valence-electron chi connectivity index (χ1n) is 7.10. The molecule has 0 aliphatic heterocycles. The lowest BCUT2D eigenvalue weighted by molar-refractivity contribution is -0.385. The Labute approximate surface area is 136 Å². The molecule has 0 fully saturated rings. The number of aromatic nitrogens is 4. The van der Waals surface area contributed by atoms with Gasteiger partial charge in [-0.25, -0.2) is 0 Å². The number of nitro groups is 1. The van der Waals surface area contributed by atoms with Crippen molar-refractivity contribution < 1.29 is 9.72 Å². The summed E-state index contributed by atoms with van der Waals surface area (Å²) in [5.41, 5.74) is 1.94. The van der Waals surface area contributed by atoms with E-state index >= 15 is 0 Å². The Hall–Kier alpha value is -3.49. The molecule has 3 rings (SSSR count). The molecule has 3 aromatic rings. The van der Waals surface area contributed by atoms with Crippen molar-refractivity contribution in [1.82, 2.24) is 25.3 Å². The number of carbonyl (C=O) groups excluding carboxylic acids is 1. The molecule has 2 aromatic heterocycles. The first-order chi connectivity index (χ1) is 11.6. The van der Waals surface area contributed by atoms with Gasteiger partial charge in [-0.15, -0.1) is 0 Å². The minimum absolute atomic E-state index is 0.176. The summed E-state index contributed by atoms with van der Waals surface area (Å²) < 4.78 is 1.66. The smallest absolute Gasteiger partial charge is 0.319 e. The van der Waals surface area contributed by atoms with Crippen molar-refractivity contribution in [1.29, 1.82) is 0 Å². The quantitative estimate of drug-likeness (QED) is 0.546. The van der Waals surface area contributed by atoms with Gasteiger partial charge in [0, 0.05) is 30.9 Å². The molecule has 122 valence electrons. The van der Waals surface area contributed by atoms with Crippen molar-refractivity contribution in [3.63, 3.8) is 0 Å². The van der Waals surface area contributed by atoms with Gasteiger partial charge in [0.2, 0.25) is 5.69 Å². The molecule has 2 N–H and O–H groups in total. The van der Waals surface area contributed by atoms with Crippen molar-refractivity contribution >= 4 is 11.6 Å². The van der Waals surface area contributed by atoms with Crippen LogP contribution in [0, 0.1) is 10.1 Å². The normalized spacial score (nSPS) is 10.5. The zero-order chi connectivity index (χ0) is 17.1. The number of carbonyl (C=O) groups is 1. The molecule has 0 spiro atoms. The molecular formula is C15H14N6O3. The average Bonchev–Trinajstić information content (AvgIpc) is 3.20. The van der Waals surface area contributed by atoms with Crippen LogP contribution in [0.1, 0.15) is 16.1 Å².